The van der Waals surface area contributed by atoms with Gasteiger partial charge < -0.3 is 10.5 Å². The van der Waals surface area contributed by atoms with Crippen molar-refractivity contribution in [3.8, 4) is 0 Å². The van der Waals surface area contributed by atoms with Crippen molar-refractivity contribution >= 4 is 23.5 Å². The van der Waals surface area contributed by atoms with E-state index >= 15 is 0 Å². The van der Waals surface area contributed by atoms with Crippen molar-refractivity contribution in [2.75, 3.05) is 0 Å². The molecule has 0 spiro atoms. The van der Waals surface area contributed by atoms with Gasteiger partial charge in [0, 0.05) is 0 Å². The van der Waals surface area contributed by atoms with Gasteiger partial charge in [-0.2, -0.15) is 5.10 Å². The minimum atomic E-state index is 0.164. The third-order valence-electron chi connectivity index (χ3n) is 3.13. The number of hydrogen-bond acceptors (Lipinski definition) is 3. The van der Waals surface area contributed by atoms with Gasteiger partial charge in [0.25, 0.3) is 0 Å². The molecule has 102 valence electrons. The first-order valence-corrected chi connectivity index (χ1v) is 6.94. The molecule has 2 rings (SSSR count). The van der Waals surface area contributed by atoms with E-state index in [1.54, 1.807) is 6.21 Å². The Hall–Kier alpha value is -1.46. The van der Waals surface area contributed by atoms with Crippen molar-refractivity contribution in [3.05, 3.63) is 35.4 Å². The van der Waals surface area contributed by atoms with Gasteiger partial charge in [-0.25, -0.2) is 0 Å². The van der Waals surface area contributed by atoms with Crippen LogP contribution in [0.1, 0.15) is 36.8 Å². The van der Waals surface area contributed by atoms with Crippen molar-refractivity contribution in [2.45, 2.75) is 38.4 Å². The maximum absolute atomic E-state index is 5.89. The Labute approximate surface area is 119 Å². The van der Waals surface area contributed by atoms with E-state index in [9.17, 15) is 0 Å². The Morgan fingerprint density at radius 2 is 2.26 bits per heavy atom. The first kappa shape index (κ1) is 14.0. The molecule has 0 bridgehead atoms. The zero-order valence-corrected chi connectivity index (χ0v) is 11.7. The highest BCUT2D eigenvalue weighted by atomic mass is 32.1. The second-order valence-corrected chi connectivity index (χ2v) is 5.14. The number of nitrogens with zero attached hydrogens (tertiary/aromatic N) is 1. The molecule has 1 aromatic carbocycles. The summed E-state index contributed by atoms with van der Waals surface area (Å²) in [6, 6.07) is 8.09. The van der Waals surface area contributed by atoms with Crippen LogP contribution in [-0.2, 0) is 11.3 Å². The summed E-state index contributed by atoms with van der Waals surface area (Å²) in [5.74, 6) is 0. The Balaban J connectivity index is 1.87. The normalized spacial score (nSPS) is 16.0. The molecule has 4 nitrogen and oxygen atoms in total. The lowest BCUT2D eigenvalue weighted by molar-refractivity contribution is 0.0457. The quantitative estimate of drug-likeness (QED) is 0.492. The predicted molar refractivity (Wildman–Crippen MR) is 81.0 cm³/mol. The molecule has 0 heterocycles. The molecule has 0 unspecified atom stereocenters. The Morgan fingerprint density at radius 3 is 3.00 bits per heavy atom. The molecule has 0 radical (unpaired) electrons. The number of ether oxygens (including phenoxy) is 1. The fourth-order valence-corrected chi connectivity index (χ4v) is 2.26. The maximum atomic E-state index is 5.89. The molecule has 1 aliphatic carbocycles. The summed E-state index contributed by atoms with van der Waals surface area (Å²) < 4.78 is 5.89. The summed E-state index contributed by atoms with van der Waals surface area (Å²) in [5.41, 5.74) is 9.98. The van der Waals surface area contributed by atoms with Crippen molar-refractivity contribution in [1.82, 2.24) is 5.43 Å². The van der Waals surface area contributed by atoms with Gasteiger partial charge in [-0.1, -0.05) is 31.0 Å². The highest BCUT2D eigenvalue weighted by Gasteiger charge is 2.14. The van der Waals surface area contributed by atoms with Crippen molar-refractivity contribution in [2.24, 2.45) is 10.8 Å². The number of thiocarbonyl (C=S) groups is 1. The van der Waals surface area contributed by atoms with Crippen molar-refractivity contribution < 1.29 is 4.74 Å². The first-order chi connectivity index (χ1) is 9.24. The van der Waals surface area contributed by atoms with E-state index in [0.717, 1.165) is 11.1 Å². The van der Waals surface area contributed by atoms with E-state index in [1.165, 1.54) is 25.7 Å². The lowest BCUT2D eigenvalue weighted by Crippen LogP contribution is -2.23. The average molecular weight is 277 g/mol. The van der Waals surface area contributed by atoms with Crippen LogP contribution in [0.4, 0.5) is 0 Å². The summed E-state index contributed by atoms with van der Waals surface area (Å²) in [7, 11) is 0. The van der Waals surface area contributed by atoms with Crippen LogP contribution in [0.25, 0.3) is 0 Å². The highest BCUT2D eigenvalue weighted by Crippen LogP contribution is 2.22. The predicted octanol–water partition coefficient (Wildman–Crippen LogP) is 2.31. The monoisotopic (exact) mass is 277 g/mol. The molecular weight excluding hydrogens is 258 g/mol. The zero-order valence-electron chi connectivity index (χ0n) is 10.8. The molecule has 19 heavy (non-hydrogen) atoms. The van der Waals surface area contributed by atoms with Gasteiger partial charge in [-0.15, -0.1) is 0 Å². The van der Waals surface area contributed by atoms with Crippen LogP contribution in [0.2, 0.25) is 0 Å². The van der Waals surface area contributed by atoms with Gasteiger partial charge in [0.2, 0.25) is 0 Å². The van der Waals surface area contributed by atoms with E-state index in [4.69, 9.17) is 10.5 Å². The Morgan fingerprint density at radius 1 is 1.47 bits per heavy atom. The van der Waals surface area contributed by atoms with Crippen LogP contribution in [-0.4, -0.2) is 17.4 Å². The molecule has 1 saturated carbocycles. The summed E-state index contributed by atoms with van der Waals surface area (Å²) in [4.78, 5) is 0. The van der Waals surface area contributed by atoms with E-state index in [-0.39, 0.29) is 5.11 Å². The topological polar surface area (TPSA) is 59.6 Å². The minimum Gasteiger partial charge on any atom is -0.375 e. The Kier molecular flexibility index (Phi) is 5.30. The van der Waals surface area contributed by atoms with Crippen LogP contribution < -0.4 is 11.2 Å². The molecule has 0 aromatic heterocycles. The SMILES string of the molecule is NC(=S)NN=Cc1cccc(COC2CCCC2)c1. The van der Waals surface area contributed by atoms with Crippen LogP contribution in [0.3, 0.4) is 0 Å². The second-order valence-electron chi connectivity index (χ2n) is 4.70. The smallest absolute Gasteiger partial charge is 0.184 e. The van der Waals surface area contributed by atoms with Gasteiger partial charge in [-0.05, 0) is 42.3 Å². The largest absolute Gasteiger partial charge is 0.375 e. The molecule has 0 atom stereocenters. The van der Waals surface area contributed by atoms with E-state index < -0.39 is 0 Å². The summed E-state index contributed by atoms with van der Waals surface area (Å²) in [5, 5.41) is 4.10. The fourth-order valence-electron chi connectivity index (χ4n) is 2.20. The maximum Gasteiger partial charge on any atom is 0.184 e. The van der Waals surface area contributed by atoms with Gasteiger partial charge in [0.15, 0.2) is 5.11 Å². The number of nitrogens with two attached hydrogens (primary N) is 1. The zero-order chi connectivity index (χ0) is 13.5. The lowest BCUT2D eigenvalue weighted by atomic mass is 10.1. The molecule has 0 amide bonds. The van der Waals surface area contributed by atoms with Gasteiger partial charge in [0.05, 0.1) is 18.9 Å². The van der Waals surface area contributed by atoms with E-state index in [0.29, 0.717) is 12.7 Å². The summed E-state index contributed by atoms with van der Waals surface area (Å²) in [6.07, 6.45) is 7.11. The third kappa shape index (κ3) is 4.96. The average Bonchev–Trinajstić information content (AvgIpc) is 2.89. The number of hydrogen-bond donors (Lipinski definition) is 2. The number of benzene rings is 1. The van der Waals surface area contributed by atoms with Crippen LogP contribution in [0, 0.1) is 0 Å². The van der Waals surface area contributed by atoms with E-state index in [2.05, 4.69) is 34.9 Å². The Bertz CT molecular complexity index is 456. The molecule has 5 heteroatoms. The molecule has 1 aliphatic rings. The lowest BCUT2D eigenvalue weighted by Gasteiger charge is -2.11. The molecule has 1 fully saturated rings. The number of hydrazone groups is 1. The highest BCUT2D eigenvalue weighted by molar-refractivity contribution is 7.80. The molecule has 1 aromatic rings. The van der Waals surface area contributed by atoms with Gasteiger partial charge in [-0.3, -0.25) is 5.43 Å². The second kappa shape index (κ2) is 7.21. The van der Waals surface area contributed by atoms with Crippen LogP contribution in [0.15, 0.2) is 29.4 Å². The minimum absolute atomic E-state index is 0.164. The summed E-state index contributed by atoms with van der Waals surface area (Å²) >= 11 is 4.67. The van der Waals surface area contributed by atoms with Crippen LogP contribution in [0.5, 0.6) is 0 Å². The van der Waals surface area contributed by atoms with Gasteiger partial charge >= 0.3 is 0 Å². The standard InChI is InChI=1S/C14H19N3OS/c15-14(19)17-16-9-11-4-3-5-12(8-11)10-18-13-6-1-2-7-13/h3-5,8-9,13H,1-2,6-7,10H2,(H3,15,17,19). The fraction of sp³-hybridized carbons (Fsp3) is 0.429. The van der Waals surface area contributed by atoms with Gasteiger partial charge in [0.1, 0.15) is 0 Å². The summed E-state index contributed by atoms with van der Waals surface area (Å²) in [6.45, 7) is 0.662. The molecule has 0 aliphatic heterocycles. The van der Waals surface area contributed by atoms with E-state index in [1.807, 2.05) is 12.1 Å². The number of nitrogens with one attached hydrogen (secondary N) is 1. The number of rotatable bonds is 5. The van der Waals surface area contributed by atoms with Crippen molar-refractivity contribution in [3.63, 3.8) is 0 Å². The van der Waals surface area contributed by atoms with Crippen molar-refractivity contribution in [1.29, 1.82) is 0 Å². The first-order valence-electron chi connectivity index (χ1n) is 6.53. The molecular formula is C14H19N3OS. The third-order valence-corrected chi connectivity index (χ3v) is 3.22. The van der Waals surface area contributed by atoms with Crippen LogP contribution >= 0.6 is 12.2 Å². The molecule has 0 saturated heterocycles. The molecule has 3 N–H and O–H groups in total.